The van der Waals surface area contributed by atoms with Crippen molar-refractivity contribution in [2.75, 3.05) is 5.32 Å². The number of nitrogens with one attached hydrogen (secondary N) is 1. The number of pyridine rings is 1. The molecule has 3 rings (SSSR count). The molecule has 1 aromatic carbocycles. The third-order valence-electron chi connectivity index (χ3n) is 3.77. The third kappa shape index (κ3) is 3.12. The largest absolute Gasteiger partial charge is 0.310 e. The molecule has 0 bridgehead atoms. The van der Waals surface area contributed by atoms with Crippen LogP contribution in [-0.4, -0.2) is 15.3 Å². The Hall–Kier alpha value is -2.04. The average Bonchev–Trinajstić information content (AvgIpc) is 2.90. The van der Waals surface area contributed by atoms with Gasteiger partial charge in [-0.3, -0.25) is 9.20 Å². The van der Waals surface area contributed by atoms with Gasteiger partial charge in [-0.25, -0.2) is 4.98 Å². The molecule has 3 aromatic rings. The first kappa shape index (κ1) is 16.8. The van der Waals surface area contributed by atoms with Crippen LogP contribution in [0.3, 0.4) is 0 Å². The van der Waals surface area contributed by atoms with E-state index in [0.717, 1.165) is 23.2 Å². The number of nitrogens with zero attached hydrogens (tertiary/aromatic N) is 2. The number of rotatable bonds is 4. The zero-order valence-electron chi connectivity index (χ0n) is 13.4. The fraction of sp³-hybridized carbons (Fsp3) is 0.222. The lowest BCUT2D eigenvalue weighted by Gasteiger charge is -2.08. The van der Waals surface area contributed by atoms with Gasteiger partial charge in [0.2, 0.25) is 5.91 Å². The number of amides is 1. The summed E-state index contributed by atoms with van der Waals surface area (Å²) in [5.41, 5.74) is 3.30. The summed E-state index contributed by atoms with van der Waals surface area (Å²) in [5.74, 6) is 0.604. The van der Waals surface area contributed by atoms with Crippen LogP contribution in [-0.2, 0) is 4.79 Å². The van der Waals surface area contributed by atoms with Crippen molar-refractivity contribution in [1.29, 1.82) is 0 Å². The molecule has 0 atom stereocenters. The molecule has 4 nitrogen and oxygen atoms in total. The van der Waals surface area contributed by atoms with Gasteiger partial charge in [-0.15, -0.1) is 0 Å². The van der Waals surface area contributed by atoms with Crippen LogP contribution in [0, 0.1) is 6.92 Å². The van der Waals surface area contributed by atoms with Crippen molar-refractivity contribution in [2.45, 2.75) is 26.7 Å². The van der Waals surface area contributed by atoms with Gasteiger partial charge in [-0.1, -0.05) is 42.3 Å². The van der Waals surface area contributed by atoms with Crippen molar-refractivity contribution in [3.8, 4) is 11.3 Å². The first-order valence-corrected chi connectivity index (χ1v) is 8.49. The molecule has 24 heavy (non-hydrogen) atoms. The van der Waals surface area contributed by atoms with Crippen LogP contribution in [0.4, 0.5) is 5.82 Å². The summed E-state index contributed by atoms with van der Waals surface area (Å²) >= 11 is 12.2. The highest BCUT2D eigenvalue weighted by Gasteiger charge is 2.17. The van der Waals surface area contributed by atoms with E-state index < -0.39 is 0 Å². The highest BCUT2D eigenvalue weighted by molar-refractivity contribution is 6.42. The SMILES string of the molecule is CCCC(=O)Nc1c(-c2ccc(Cl)c(Cl)c2)nc2c(C)cccn12. The van der Waals surface area contributed by atoms with Gasteiger partial charge in [-0.2, -0.15) is 0 Å². The zero-order valence-corrected chi connectivity index (χ0v) is 14.9. The first-order chi connectivity index (χ1) is 11.5. The highest BCUT2D eigenvalue weighted by atomic mass is 35.5. The lowest BCUT2D eigenvalue weighted by Crippen LogP contribution is -2.13. The predicted molar refractivity (Wildman–Crippen MR) is 98.9 cm³/mol. The van der Waals surface area contributed by atoms with Crippen molar-refractivity contribution >= 4 is 40.6 Å². The molecule has 0 fully saturated rings. The summed E-state index contributed by atoms with van der Waals surface area (Å²) in [6, 6.07) is 9.25. The standard InChI is InChI=1S/C18H17Cl2N3O/c1-3-5-15(24)21-18-16(12-7-8-13(19)14(20)10-12)22-17-11(2)6-4-9-23(17)18/h4,6-10H,3,5H2,1-2H3,(H,21,24). The van der Waals surface area contributed by atoms with Crippen molar-refractivity contribution in [3.63, 3.8) is 0 Å². The fourth-order valence-electron chi connectivity index (χ4n) is 2.59. The summed E-state index contributed by atoms with van der Waals surface area (Å²) in [6.45, 7) is 3.96. The first-order valence-electron chi connectivity index (χ1n) is 7.74. The van der Waals surface area contributed by atoms with Crippen LogP contribution in [0.15, 0.2) is 36.5 Å². The second kappa shape index (κ2) is 6.83. The molecule has 0 unspecified atom stereocenters. The summed E-state index contributed by atoms with van der Waals surface area (Å²) in [4.78, 5) is 16.9. The van der Waals surface area contributed by atoms with Crippen molar-refractivity contribution in [3.05, 3.63) is 52.1 Å². The van der Waals surface area contributed by atoms with E-state index >= 15 is 0 Å². The van der Waals surface area contributed by atoms with Gasteiger partial charge in [0.1, 0.15) is 17.2 Å². The number of hydrogen-bond acceptors (Lipinski definition) is 2. The Morgan fingerprint density at radius 1 is 1.25 bits per heavy atom. The smallest absolute Gasteiger partial charge is 0.225 e. The Morgan fingerprint density at radius 3 is 2.75 bits per heavy atom. The number of hydrogen-bond donors (Lipinski definition) is 1. The Labute approximate surface area is 150 Å². The van der Waals surface area contributed by atoms with E-state index in [1.807, 2.05) is 42.6 Å². The quantitative estimate of drug-likeness (QED) is 0.680. The molecule has 6 heteroatoms. The zero-order chi connectivity index (χ0) is 17.3. The van der Waals surface area contributed by atoms with E-state index in [2.05, 4.69) is 5.32 Å². The van der Waals surface area contributed by atoms with Crippen LogP contribution >= 0.6 is 23.2 Å². The molecule has 124 valence electrons. The molecule has 0 saturated carbocycles. The second-order valence-corrected chi connectivity index (χ2v) is 6.44. The predicted octanol–water partition coefficient (Wildman–Crippen LogP) is 5.36. The monoisotopic (exact) mass is 361 g/mol. The second-order valence-electron chi connectivity index (χ2n) is 5.62. The van der Waals surface area contributed by atoms with Crippen LogP contribution in [0.5, 0.6) is 0 Å². The van der Waals surface area contributed by atoms with E-state index in [1.165, 1.54) is 0 Å². The molecule has 1 N–H and O–H groups in total. The average molecular weight is 362 g/mol. The molecule has 0 spiro atoms. The van der Waals surface area contributed by atoms with E-state index in [0.29, 0.717) is 28.0 Å². The molecular formula is C18H17Cl2N3O. The summed E-state index contributed by atoms with van der Waals surface area (Å²) in [7, 11) is 0. The maximum absolute atomic E-state index is 12.1. The molecule has 2 aromatic heterocycles. The number of imidazole rings is 1. The maximum Gasteiger partial charge on any atom is 0.225 e. The Balaban J connectivity index is 2.19. The lowest BCUT2D eigenvalue weighted by molar-refractivity contribution is -0.116. The van der Waals surface area contributed by atoms with Crippen LogP contribution in [0.25, 0.3) is 16.9 Å². The number of benzene rings is 1. The number of carbonyl (C=O) groups is 1. The van der Waals surface area contributed by atoms with E-state index in [9.17, 15) is 4.79 Å². The van der Waals surface area contributed by atoms with Crippen molar-refractivity contribution in [2.24, 2.45) is 0 Å². The number of fused-ring (bicyclic) bond motifs is 1. The summed E-state index contributed by atoms with van der Waals surface area (Å²) in [5, 5.41) is 3.92. The minimum absolute atomic E-state index is 0.0397. The lowest BCUT2D eigenvalue weighted by atomic mass is 10.1. The van der Waals surface area contributed by atoms with Crippen LogP contribution < -0.4 is 5.32 Å². The van der Waals surface area contributed by atoms with Gasteiger partial charge in [-0.05, 0) is 37.1 Å². The summed E-state index contributed by atoms with van der Waals surface area (Å²) in [6.07, 6.45) is 3.13. The molecule has 0 aliphatic heterocycles. The molecule has 2 heterocycles. The van der Waals surface area contributed by atoms with Gasteiger partial charge in [0.25, 0.3) is 0 Å². The highest BCUT2D eigenvalue weighted by Crippen LogP contribution is 2.33. The van der Waals surface area contributed by atoms with E-state index in [1.54, 1.807) is 12.1 Å². The molecule has 0 aliphatic carbocycles. The minimum atomic E-state index is -0.0397. The number of aryl methyl sites for hydroxylation is 1. The van der Waals surface area contributed by atoms with Gasteiger partial charge in [0.05, 0.1) is 10.0 Å². The van der Waals surface area contributed by atoms with Crippen molar-refractivity contribution in [1.82, 2.24) is 9.38 Å². The molecule has 0 aliphatic rings. The summed E-state index contributed by atoms with van der Waals surface area (Å²) < 4.78 is 1.89. The Kier molecular flexibility index (Phi) is 4.78. The number of carbonyl (C=O) groups excluding carboxylic acids is 1. The number of aromatic nitrogens is 2. The molecule has 0 saturated heterocycles. The molecule has 0 radical (unpaired) electrons. The van der Waals surface area contributed by atoms with Gasteiger partial charge < -0.3 is 5.32 Å². The maximum atomic E-state index is 12.1. The van der Waals surface area contributed by atoms with Gasteiger partial charge in [0.15, 0.2) is 0 Å². The molecular weight excluding hydrogens is 345 g/mol. The van der Waals surface area contributed by atoms with Crippen molar-refractivity contribution < 1.29 is 4.79 Å². The number of anilines is 1. The topological polar surface area (TPSA) is 46.4 Å². The number of halogens is 2. The van der Waals surface area contributed by atoms with Gasteiger partial charge in [0, 0.05) is 18.2 Å². The fourth-order valence-corrected chi connectivity index (χ4v) is 2.89. The molecule has 1 amide bonds. The van der Waals surface area contributed by atoms with E-state index in [-0.39, 0.29) is 5.91 Å². The van der Waals surface area contributed by atoms with Gasteiger partial charge >= 0.3 is 0 Å². The minimum Gasteiger partial charge on any atom is -0.310 e. The Morgan fingerprint density at radius 2 is 2.04 bits per heavy atom. The normalized spacial score (nSPS) is 11.0. The van der Waals surface area contributed by atoms with Crippen LogP contribution in [0.1, 0.15) is 25.3 Å². The van der Waals surface area contributed by atoms with E-state index in [4.69, 9.17) is 28.2 Å². The Bertz CT molecular complexity index is 918. The third-order valence-corrected chi connectivity index (χ3v) is 4.51. The van der Waals surface area contributed by atoms with Crippen LogP contribution in [0.2, 0.25) is 10.0 Å².